The minimum Gasteiger partial charge on any atom is -0.507 e. The number of aromatic carboxylic acids is 1. The zero-order valence-corrected chi connectivity index (χ0v) is 16.5. The van der Waals surface area contributed by atoms with Crippen LogP contribution < -0.4 is 4.74 Å². The van der Waals surface area contributed by atoms with Gasteiger partial charge in [0.2, 0.25) is 0 Å². The molecule has 0 aliphatic rings. The number of halogens is 2. The van der Waals surface area contributed by atoms with Crippen LogP contribution in [0.1, 0.15) is 47.3 Å². The van der Waals surface area contributed by atoms with E-state index in [2.05, 4.69) is 6.58 Å². The van der Waals surface area contributed by atoms with Crippen molar-refractivity contribution in [3.63, 3.8) is 0 Å². The Kier molecular flexibility index (Phi) is 7.53. The van der Waals surface area contributed by atoms with Crippen molar-refractivity contribution in [2.45, 2.75) is 26.7 Å². The first-order valence-corrected chi connectivity index (χ1v) is 9.15. The lowest BCUT2D eigenvalue weighted by Crippen LogP contribution is -2.08. The Labute approximate surface area is 168 Å². The van der Waals surface area contributed by atoms with Crippen molar-refractivity contribution in [1.82, 2.24) is 0 Å². The van der Waals surface area contributed by atoms with Crippen LogP contribution >= 0.6 is 0 Å². The second-order valence-electron chi connectivity index (χ2n) is 6.79. The standard InChI is InChI=1S/C23H24F2O4/c1-14(2)5-10-18-20(29-12-4-11-24)13-19(21(22(18)26)23(27)28)15(3)16-6-8-17(25)9-7-16/h5-9,13,26H,3-4,10-12H2,1-2H3,(H,27,28). The van der Waals surface area contributed by atoms with Crippen LogP contribution in [-0.2, 0) is 6.42 Å². The second-order valence-corrected chi connectivity index (χ2v) is 6.79. The number of aromatic hydroxyl groups is 1. The van der Waals surface area contributed by atoms with E-state index in [9.17, 15) is 23.8 Å². The number of hydrogen-bond donors (Lipinski definition) is 2. The van der Waals surface area contributed by atoms with Crippen molar-refractivity contribution >= 4 is 11.5 Å². The summed E-state index contributed by atoms with van der Waals surface area (Å²) in [5.74, 6) is -1.92. The molecule has 0 bridgehead atoms. The van der Waals surface area contributed by atoms with Crippen LogP contribution in [0.15, 0.2) is 48.6 Å². The summed E-state index contributed by atoms with van der Waals surface area (Å²) in [4.78, 5) is 11.9. The molecule has 2 rings (SSSR count). The second kappa shape index (κ2) is 9.87. The molecular weight excluding hydrogens is 378 g/mol. The molecule has 29 heavy (non-hydrogen) atoms. The molecule has 0 saturated carbocycles. The molecule has 0 unspecified atom stereocenters. The summed E-state index contributed by atoms with van der Waals surface area (Å²) < 4.78 is 31.4. The predicted molar refractivity (Wildman–Crippen MR) is 109 cm³/mol. The Morgan fingerprint density at radius 1 is 1.24 bits per heavy atom. The number of rotatable bonds is 9. The molecule has 0 fully saturated rings. The zero-order chi connectivity index (χ0) is 21.6. The number of benzene rings is 2. The van der Waals surface area contributed by atoms with Gasteiger partial charge in [-0.1, -0.05) is 30.4 Å². The lowest BCUT2D eigenvalue weighted by atomic mass is 9.91. The van der Waals surface area contributed by atoms with Gasteiger partial charge in [-0.05, 0) is 49.6 Å². The fraction of sp³-hybridized carbons (Fsp3) is 0.261. The molecule has 2 N–H and O–H groups in total. The molecule has 0 atom stereocenters. The quantitative estimate of drug-likeness (QED) is 0.427. The number of carboxylic acids is 1. The van der Waals surface area contributed by atoms with Crippen LogP contribution in [0.5, 0.6) is 11.5 Å². The summed E-state index contributed by atoms with van der Waals surface area (Å²) in [7, 11) is 0. The minimum absolute atomic E-state index is 0.0760. The van der Waals surface area contributed by atoms with Crippen LogP contribution in [-0.4, -0.2) is 29.5 Å². The third-order valence-electron chi connectivity index (χ3n) is 4.35. The molecule has 0 aliphatic carbocycles. The summed E-state index contributed by atoms with van der Waals surface area (Å²) in [5.41, 5.74) is 1.92. The van der Waals surface area contributed by atoms with Crippen molar-refractivity contribution in [2.24, 2.45) is 0 Å². The number of ether oxygens (including phenoxy) is 1. The van der Waals surface area contributed by atoms with Gasteiger partial charge in [0.1, 0.15) is 22.9 Å². The van der Waals surface area contributed by atoms with Gasteiger partial charge in [-0.25, -0.2) is 9.18 Å². The van der Waals surface area contributed by atoms with E-state index in [1.165, 1.54) is 30.3 Å². The molecule has 154 valence electrons. The third kappa shape index (κ3) is 5.44. The van der Waals surface area contributed by atoms with Crippen LogP contribution in [0.2, 0.25) is 0 Å². The molecule has 2 aromatic rings. The Morgan fingerprint density at radius 2 is 1.90 bits per heavy atom. The monoisotopic (exact) mass is 402 g/mol. The van der Waals surface area contributed by atoms with E-state index in [-0.39, 0.29) is 36.3 Å². The van der Waals surface area contributed by atoms with E-state index in [4.69, 9.17) is 4.74 Å². The molecule has 0 amide bonds. The van der Waals surface area contributed by atoms with Crippen molar-refractivity contribution in [1.29, 1.82) is 0 Å². The van der Waals surface area contributed by atoms with Crippen molar-refractivity contribution < 1.29 is 28.5 Å². The van der Waals surface area contributed by atoms with Crippen LogP contribution in [0.4, 0.5) is 8.78 Å². The molecule has 4 nitrogen and oxygen atoms in total. The molecule has 0 spiro atoms. The van der Waals surface area contributed by atoms with Crippen LogP contribution in [0.25, 0.3) is 5.57 Å². The highest BCUT2D eigenvalue weighted by Crippen LogP contribution is 2.39. The highest BCUT2D eigenvalue weighted by Gasteiger charge is 2.24. The fourth-order valence-electron chi connectivity index (χ4n) is 2.82. The smallest absolute Gasteiger partial charge is 0.340 e. The number of phenols is 1. The first-order chi connectivity index (χ1) is 13.8. The molecule has 0 saturated heterocycles. The highest BCUT2D eigenvalue weighted by molar-refractivity contribution is 6.00. The summed E-state index contributed by atoms with van der Waals surface area (Å²) in [6.07, 6.45) is 2.25. The SMILES string of the molecule is C=C(c1ccc(F)cc1)c1cc(OCCCF)c(CC=C(C)C)c(O)c1C(=O)O. The Balaban J connectivity index is 2.64. The topological polar surface area (TPSA) is 66.8 Å². The average molecular weight is 402 g/mol. The summed E-state index contributed by atoms with van der Waals surface area (Å²) in [6.45, 7) is 7.20. The average Bonchev–Trinajstić information content (AvgIpc) is 2.66. The van der Waals surface area contributed by atoms with Crippen molar-refractivity contribution in [3.8, 4) is 11.5 Å². The Bertz CT molecular complexity index is 927. The molecule has 0 radical (unpaired) electrons. The van der Waals surface area contributed by atoms with Gasteiger partial charge in [-0.2, -0.15) is 0 Å². The minimum atomic E-state index is -1.32. The maximum absolute atomic E-state index is 13.2. The van der Waals surface area contributed by atoms with Crippen molar-refractivity contribution in [3.05, 3.63) is 76.6 Å². The van der Waals surface area contributed by atoms with E-state index < -0.39 is 24.2 Å². The van der Waals surface area contributed by atoms with E-state index in [1.807, 2.05) is 19.9 Å². The molecule has 0 aromatic heterocycles. The number of carbonyl (C=O) groups is 1. The van der Waals surface area contributed by atoms with E-state index in [0.29, 0.717) is 16.7 Å². The van der Waals surface area contributed by atoms with Crippen LogP contribution in [0, 0.1) is 5.82 Å². The number of carboxylic acid groups (broad SMARTS) is 1. The fourth-order valence-corrected chi connectivity index (χ4v) is 2.82. The van der Waals surface area contributed by atoms with Gasteiger partial charge < -0.3 is 14.9 Å². The number of alkyl halides is 1. The molecule has 2 aromatic carbocycles. The van der Waals surface area contributed by atoms with Gasteiger partial charge in [-0.15, -0.1) is 0 Å². The Morgan fingerprint density at radius 3 is 2.45 bits per heavy atom. The molecular formula is C23H24F2O4. The highest BCUT2D eigenvalue weighted by atomic mass is 19.1. The third-order valence-corrected chi connectivity index (χ3v) is 4.35. The maximum atomic E-state index is 13.2. The van der Waals surface area contributed by atoms with E-state index in [1.54, 1.807) is 0 Å². The zero-order valence-electron chi connectivity index (χ0n) is 16.5. The first kappa shape index (κ1) is 22.1. The van der Waals surface area contributed by atoms with Gasteiger partial charge >= 0.3 is 5.97 Å². The lowest BCUT2D eigenvalue weighted by molar-refractivity contribution is 0.0693. The number of allylic oxidation sites excluding steroid dienone is 2. The van der Waals surface area contributed by atoms with Crippen LogP contribution in [0.3, 0.4) is 0 Å². The van der Waals surface area contributed by atoms with Gasteiger partial charge in [0.05, 0.1) is 13.3 Å². The summed E-state index contributed by atoms with van der Waals surface area (Å²) in [6, 6.07) is 6.91. The largest absolute Gasteiger partial charge is 0.507 e. The normalized spacial score (nSPS) is 10.5. The van der Waals surface area contributed by atoms with E-state index >= 15 is 0 Å². The summed E-state index contributed by atoms with van der Waals surface area (Å²) >= 11 is 0. The summed E-state index contributed by atoms with van der Waals surface area (Å²) in [5, 5.41) is 20.5. The number of hydrogen-bond acceptors (Lipinski definition) is 3. The maximum Gasteiger partial charge on any atom is 0.340 e. The van der Waals surface area contributed by atoms with Gasteiger partial charge in [0, 0.05) is 17.5 Å². The van der Waals surface area contributed by atoms with Gasteiger partial charge in [0.25, 0.3) is 0 Å². The van der Waals surface area contributed by atoms with E-state index in [0.717, 1.165) is 5.57 Å². The Hall–Kier alpha value is -3.15. The lowest BCUT2D eigenvalue weighted by Gasteiger charge is -2.18. The molecule has 0 aliphatic heterocycles. The first-order valence-electron chi connectivity index (χ1n) is 9.15. The predicted octanol–water partition coefficient (Wildman–Crippen LogP) is 5.54. The molecule has 6 heteroatoms. The van der Waals surface area contributed by atoms with Gasteiger partial charge in [-0.3, -0.25) is 4.39 Å². The molecule has 0 heterocycles. The van der Waals surface area contributed by atoms with Crippen molar-refractivity contribution in [2.75, 3.05) is 13.3 Å². The van der Waals surface area contributed by atoms with Gasteiger partial charge in [0.15, 0.2) is 0 Å².